The number of ether oxygens (including phenoxy) is 3. The van der Waals surface area contributed by atoms with Gasteiger partial charge in [0.2, 0.25) is 0 Å². The largest absolute Gasteiger partial charge is 0.497 e. The van der Waals surface area contributed by atoms with Crippen molar-refractivity contribution in [1.29, 1.82) is 0 Å². The Labute approximate surface area is 205 Å². The average Bonchev–Trinajstić information content (AvgIpc) is 2.92. The second-order valence-corrected chi connectivity index (χ2v) is 8.65. The van der Waals surface area contributed by atoms with Crippen LogP contribution in [0, 0.1) is 0 Å². The number of piperazine rings is 1. The lowest BCUT2D eigenvalue weighted by molar-refractivity contribution is 0.356. The highest BCUT2D eigenvalue weighted by molar-refractivity contribution is 5.93. The summed E-state index contributed by atoms with van der Waals surface area (Å²) in [6, 6.07) is 22.5. The van der Waals surface area contributed by atoms with Gasteiger partial charge in [-0.05, 0) is 25.1 Å². The topological polar surface area (TPSA) is 60.0 Å². The molecule has 1 saturated heterocycles. The van der Waals surface area contributed by atoms with E-state index in [4.69, 9.17) is 24.2 Å². The first-order chi connectivity index (χ1) is 17.1. The van der Waals surface area contributed by atoms with Crippen LogP contribution in [0.25, 0.3) is 22.3 Å². The van der Waals surface area contributed by atoms with Crippen molar-refractivity contribution in [3.05, 3.63) is 66.7 Å². The van der Waals surface area contributed by atoms with E-state index in [-0.39, 0.29) is 6.04 Å². The highest BCUT2D eigenvalue weighted by atomic mass is 16.5. The van der Waals surface area contributed by atoms with Gasteiger partial charge in [-0.1, -0.05) is 36.4 Å². The van der Waals surface area contributed by atoms with Gasteiger partial charge >= 0.3 is 0 Å². The molecule has 7 nitrogen and oxygen atoms in total. The van der Waals surface area contributed by atoms with Crippen molar-refractivity contribution in [2.45, 2.75) is 13.0 Å². The smallest absolute Gasteiger partial charge is 0.162 e. The zero-order chi connectivity index (χ0) is 24.4. The first-order valence-electron chi connectivity index (χ1n) is 11.8. The van der Waals surface area contributed by atoms with E-state index in [9.17, 15) is 0 Å². The quantitative estimate of drug-likeness (QED) is 0.391. The molecule has 0 amide bonds. The van der Waals surface area contributed by atoms with Crippen LogP contribution in [0.3, 0.4) is 0 Å². The van der Waals surface area contributed by atoms with Gasteiger partial charge in [0, 0.05) is 54.4 Å². The van der Waals surface area contributed by atoms with Crippen LogP contribution >= 0.6 is 0 Å². The molecule has 3 aromatic carbocycles. The molecule has 1 aromatic heterocycles. The minimum Gasteiger partial charge on any atom is -0.497 e. The average molecular weight is 471 g/mol. The molecule has 0 N–H and O–H groups in total. The van der Waals surface area contributed by atoms with E-state index in [1.807, 2.05) is 54.6 Å². The minimum atomic E-state index is 0.279. The summed E-state index contributed by atoms with van der Waals surface area (Å²) in [5.41, 5.74) is 2.98. The highest BCUT2D eigenvalue weighted by Crippen LogP contribution is 2.37. The molecule has 0 spiro atoms. The SMILES string of the molecule is COc1cccc(N2CCN(c3nc(-c4ccccc4)nc4cc(OC)c(OC)cc34)C[C@@H]2C)c1. The number of aromatic nitrogens is 2. The van der Waals surface area contributed by atoms with Crippen molar-refractivity contribution in [1.82, 2.24) is 9.97 Å². The molecule has 0 radical (unpaired) electrons. The maximum atomic E-state index is 5.60. The van der Waals surface area contributed by atoms with Crippen LogP contribution in [-0.2, 0) is 0 Å². The minimum absolute atomic E-state index is 0.279. The summed E-state index contributed by atoms with van der Waals surface area (Å²) in [6.45, 7) is 4.77. The van der Waals surface area contributed by atoms with Crippen LogP contribution in [0.15, 0.2) is 66.7 Å². The Morgan fingerprint density at radius 1 is 0.800 bits per heavy atom. The van der Waals surface area contributed by atoms with Gasteiger partial charge in [-0.2, -0.15) is 0 Å². The summed E-state index contributed by atoms with van der Waals surface area (Å²) >= 11 is 0. The van der Waals surface area contributed by atoms with Crippen LogP contribution < -0.4 is 24.0 Å². The molecule has 0 unspecified atom stereocenters. The fourth-order valence-corrected chi connectivity index (χ4v) is 4.72. The molecule has 0 aliphatic carbocycles. The molecule has 1 atom stereocenters. The maximum absolute atomic E-state index is 5.60. The van der Waals surface area contributed by atoms with E-state index in [1.165, 1.54) is 5.69 Å². The summed E-state index contributed by atoms with van der Waals surface area (Å²) in [6.07, 6.45) is 0. The van der Waals surface area contributed by atoms with Gasteiger partial charge in [-0.25, -0.2) is 9.97 Å². The van der Waals surface area contributed by atoms with E-state index in [0.717, 1.165) is 47.7 Å². The number of rotatable bonds is 6. The molecule has 180 valence electrons. The fraction of sp³-hybridized carbons (Fsp3) is 0.286. The van der Waals surface area contributed by atoms with Gasteiger partial charge in [0.15, 0.2) is 17.3 Å². The third-order valence-electron chi connectivity index (χ3n) is 6.52. The van der Waals surface area contributed by atoms with E-state index in [2.05, 4.69) is 28.9 Å². The summed E-state index contributed by atoms with van der Waals surface area (Å²) in [5.74, 6) is 3.79. The molecule has 1 aliphatic heterocycles. The molecule has 0 saturated carbocycles. The van der Waals surface area contributed by atoms with Crippen molar-refractivity contribution in [2.24, 2.45) is 0 Å². The molecule has 1 aliphatic rings. The van der Waals surface area contributed by atoms with E-state index < -0.39 is 0 Å². The van der Waals surface area contributed by atoms with Crippen molar-refractivity contribution in [3.8, 4) is 28.6 Å². The lowest BCUT2D eigenvalue weighted by Crippen LogP contribution is -2.52. The summed E-state index contributed by atoms with van der Waals surface area (Å²) in [7, 11) is 5.00. The van der Waals surface area contributed by atoms with Crippen LogP contribution in [0.1, 0.15) is 6.92 Å². The highest BCUT2D eigenvalue weighted by Gasteiger charge is 2.27. The van der Waals surface area contributed by atoms with Crippen LogP contribution in [0.4, 0.5) is 11.5 Å². The monoisotopic (exact) mass is 470 g/mol. The summed E-state index contributed by atoms with van der Waals surface area (Å²) < 4.78 is 16.6. The van der Waals surface area contributed by atoms with Crippen molar-refractivity contribution < 1.29 is 14.2 Å². The lowest BCUT2D eigenvalue weighted by atomic mass is 10.1. The number of anilines is 2. The zero-order valence-electron chi connectivity index (χ0n) is 20.6. The third-order valence-corrected chi connectivity index (χ3v) is 6.52. The van der Waals surface area contributed by atoms with Gasteiger partial charge in [-0.15, -0.1) is 0 Å². The van der Waals surface area contributed by atoms with E-state index >= 15 is 0 Å². The van der Waals surface area contributed by atoms with Crippen LogP contribution in [0.5, 0.6) is 17.2 Å². The molecule has 35 heavy (non-hydrogen) atoms. The van der Waals surface area contributed by atoms with Crippen molar-refractivity contribution in [2.75, 3.05) is 50.8 Å². The first kappa shape index (κ1) is 22.8. The number of hydrogen-bond donors (Lipinski definition) is 0. The number of methoxy groups -OCH3 is 3. The van der Waals surface area contributed by atoms with E-state index in [0.29, 0.717) is 17.3 Å². The predicted octanol–water partition coefficient (Wildman–Crippen LogP) is 5.04. The molecular formula is C28H30N4O3. The Kier molecular flexibility index (Phi) is 6.31. The fourth-order valence-electron chi connectivity index (χ4n) is 4.72. The van der Waals surface area contributed by atoms with E-state index in [1.54, 1.807) is 21.3 Å². The lowest BCUT2D eigenvalue weighted by Gasteiger charge is -2.42. The Morgan fingerprint density at radius 2 is 1.57 bits per heavy atom. The Hall–Kier alpha value is -4.00. The second-order valence-electron chi connectivity index (χ2n) is 8.65. The molecule has 2 heterocycles. The molecule has 4 aromatic rings. The number of hydrogen-bond acceptors (Lipinski definition) is 7. The third kappa shape index (κ3) is 4.41. The summed E-state index contributed by atoms with van der Waals surface area (Å²) in [5, 5.41) is 0.948. The molecule has 0 bridgehead atoms. The van der Waals surface area contributed by atoms with Crippen LogP contribution in [0.2, 0.25) is 0 Å². The Balaban J connectivity index is 1.55. The maximum Gasteiger partial charge on any atom is 0.162 e. The van der Waals surface area contributed by atoms with Gasteiger partial charge in [-0.3, -0.25) is 0 Å². The molecule has 1 fully saturated rings. The normalized spacial score (nSPS) is 15.8. The number of nitrogens with zero attached hydrogens (tertiary/aromatic N) is 4. The predicted molar refractivity (Wildman–Crippen MR) is 140 cm³/mol. The number of benzene rings is 3. The van der Waals surface area contributed by atoms with Gasteiger partial charge in [0.05, 0.1) is 26.8 Å². The molecular weight excluding hydrogens is 440 g/mol. The summed E-state index contributed by atoms with van der Waals surface area (Å²) in [4.78, 5) is 14.7. The van der Waals surface area contributed by atoms with Gasteiger partial charge in [0.25, 0.3) is 0 Å². The molecule has 5 rings (SSSR count). The standard InChI is InChI=1S/C28H30N4O3/c1-19-18-31(13-14-32(19)21-11-8-12-22(15-21)33-2)28-23-16-25(34-3)26(35-4)17-24(23)29-27(30-28)20-9-6-5-7-10-20/h5-12,15-17,19H,13-14,18H2,1-4H3/t19-/m0/s1. The molecule has 7 heteroatoms. The van der Waals surface area contributed by atoms with Crippen LogP contribution in [-0.4, -0.2) is 57.0 Å². The zero-order valence-corrected chi connectivity index (χ0v) is 20.6. The number of fused-ring (bicyclic) bond motifs is 1. The van der Waals surface area contributed by atoms with Crippen molar-refractivity contribution in [3.63, 3.8) is 0 Å². The van der Waals surface area contributed by atoms with Gasteiger partial charge < -0.3 is 24.0 Å². The second kappa shape index (κ2) is 9.70. The Bertz CT molecular complexity index is 1330. The Morgan fingerprint density at radius 3 is 2.29 bits per heavy atom. The van der Waals surface area contributed by atoms with Crippen molar-refractivity contribution >= 4 is 22.4 Å². The van der Waals surface area contributed by atoms with Gasteiger partial charge in [0.1, 0.15) is 11.6 Å². The first-order valence-corrected chi connectivity index (χ1v) is 11.8.